The van der Waals surface area contributed by atoms with E-state index < -0.39 is 0 Å². The van der Waals surface area contributed by atoms with Crippen molar-refractivity contribution in [2.24, 2.45) is 0 Å². The molecule has 0 aliphatic carbocycles. The van der Waals surface area contributed by atoms with Gasteiger partial charge in [0.1, 0.15) is 11.5 Å². The van der Waals surface area contributed by atoms with E-state index in [-0.39, 0.29) is 6.71 Å². The average molecular weight is 680 g/mol. The second kappa shape index (κ2) is 11.6. The molecule has 11 rings (SSSR count). The van der Waals surface area contributed by atoms with E-state index in [0.29, 0.717) is 0 Å². The summed E-state index contributed by atoms with van der Waals surface area (Å²) in [6.07, 6.45) is 0. The van der Waals surface area contributed by atoms with Crippen LogP contribution in [-0.2, 0) is 0 Å². The van der Waals surface area contributed by atoms with Gasteiger partial charge < -0.3 is 9.64 Å². The highest BCUT2D eigenvalue weighted by Gasteiger charge is 2.42. The number of nitrogens with zero attached hydrogens (tertiary/aromatic N) is 1. The number of benzene rings is 8. The van der Waals surface area contributed by atoms with Crippen molar-refractivity contribution < 1.29 is 4.74 Å². The Bertz CT molecular complexity index is 2790. The van der Waals surface area contributed by atoms with Crippen molar-refractivity contribution >= 4 is 71.7 Å². The van der Waals surface area contributed by atoms with E-state index in [1.165, 1.54) is 70.1 Å². The summed E-state index contributed by atoms with van der Waals surface area (Å²) < 4.78 is 9.55. The molecule has 9 aromatic rings. The number of rotatable bonds is 4. The van der Waals surface area contributed by atoms with Gasteiger partial charge in [-0.15, -0.1) is 11.3 Å². The fourth-order valence-corrected chi connectivity index (χ4v) is 9.53. The second-order valence-corrected chi connectivity index (χ2v) is 14.7. The van der Waals surface area contributed by atoms with Crippen LogP contribution >= 0.6 is 11.3 Å². The van der Waals surface area contributed by atoms with E-state index >= 15 is 0 Å². The van der Waals surface area contributed by atoms with Crippen LogP contribution in [-0.4, -0.2) is 6.71 Å². The van der Waals surface area contributed by atoms with E-state index in [4.69, 9.17) is 4.74 Å². The van der Waals surface area contributed by atoms with Crippen LogP contribution in [0.15, 0.2) is 182 Å². The second-order valence-electron chi connectivity index (χ2n) is 13.6. The molecule has 0 atom stereocenters. The lowest BCUT2D eigenvalue weighted by molar-refractivity contribution is 0.488. The molecule has 242 valence electrons. The lowest BCUT2D eigenvalue weighted by atomic mass is 9.34. The summed E-state index contributed by atoms with van der Waals surface area (Å²) in [4.78, 5) is 2.52. The first-order chi connectivity index (χ1) is 25.8. The molecule has 0 N–H and O–H groups in total. The van der Waals surface area contributed by atoms with Gasteiger partial charge in [0.2, 0.25) is 0 Å². The third kappa shape index (κ3) is 4.44. The van der Waals surface area contributed by atoms with Gasteiger partial charge in [-0.25, -0.2) is 0 Å². The summed E-state index contributed by atoms with van der Waals surface area (Å²) in [5, 5.41) is 2.59. The quantitative estimate of drug-likeness (QED) is 0.172. The molecule has 2 nitrogen and oxygen atoms in total. The van der Waals surface area contributed by atoms with Gasteiger partial charge in [-0.3, -0.25) is 0 Å². The predicted octanol–water partition coefficient (Wildman–Crippen LogP) is 11.5. The fourth-order valence-electron chi connectivity index (χ4n) is 8.44. The third-order valence-corrected chi connectivity index (χ3v) is 11.9. The Morgan fingerprint density at radius 3 is 1.87 bits per heavy atom. The summed E-state index contributed by atoms with van der Waals surface area (Å²) in [6, 6.07) is 66.1. The van der Waals surface area contributed by atoms with Gasteiger partial charge in [0.15, 0.2) is 0 Å². The van der Waals surface area contributed by atoms with Crippen molar-refractivity contribution in [3.8, 4) is 44.9 Å². The van der Waals surface area contributed by atoms with E-state index in [0.717, 1.165) is 28.4 Å². The van der Waals surface area contributed by atoms with Crippen LogP contribution in [0.4, 0.5) is 17.1 Å². The molecular weight excluding hydrogens is 649 g/mol. The van der Waals surface area contributed by atoms with E-state index in [2.05, 4.69) is 187 Å². The van der Waals surface area contributed by atoms with Crippen molar-refractivity contribution in [3.05, 3.63) is 182 Å². The van der Waals surface area contributed by atoms with Crippen molar-refractivity contribution in [1.82, 2.24) is 0 Å². The molecule has 1 aromatic heterocycles. The molecule has 3 heterocycles. The lowest BCUT2D eigenvalue weighted by Crippen LogP contribution is -2.59. The van der Waals surface area contributed by atoms with Crippen molar-refractivity contribution in [2.75, 3.05) is 4.90 Å². The molecular formula is C48H30BNOS. The van der Waals surface area contributed by atoms with E-state index in [1.807, 2.05) is 11.3 Å². The third-order valence-electron chi connectivity index (χ3n) is 10.7. The molecule has 0 unspecified atom stereocenters. The molecule has 0 fully saturated rings. The SMILES string of the molecule is c1ccc(-c2cccc(-c3ccccc3)c2N2c3ccccc3B3c4ccccc4Oc4cc(-c5ccc6sc7ccccc7c6c5)cc2c43)cc1. The maximum Gasteiger partial charge on any atom is 0.256 e. The van der Waals surface area contributed by atoms with E-state index in [1.54, 1.807) is 0 Å². The minimum Gasteiger partial charge on any atom is -0.458 e. The first kappa shape index (κ1) is 29.4. The van der Waals surface area contributed by atoms with Crippen molar-refractivity contribution in [3.63, 3.8) is 0 Å². The molecule has 52 heavy (non-hydrogen) atoms. The Labute approximate surface area is 306 Å². The number of hydrogen-bond acceptors (Lipinski definition) is 3. The first-order valence-corrected chi connectivity index (χ1v) is 18.6. The summed E-state index contributed by atoms with van der Waals surface area (Å²) in [5.74, 6) is 1.82. The number of para-hydroxylation sites is 3. The van der Waals surface area contributed by atoms with Crippen LogP contribution in [0.2, 0.25) is 0 Å². The molecule has 0 amide bonds. The molecule has 8 aromatic carbocycles. The molecule has 2 aliphatic heterocycles. The molecule has 0 saturated carbocycles. The first-order valence-electron chi connectivity index (χ1n) is 17.8. The summed E-state index contributed by atoms with van der Waals surface area (Å²) >= 11 is 1.85. The summed E-state index contributed by atoms with van der Waals surface area (Å²) in [7, 11) is 0. The number of ether oxygens (including phenoxy) is 1. The summed E-state index contributed by atoms with van der Waals surface area (Å²) in [6.45, 7) is 0.0313. The van der Waals surface area contributed by atoms with Crippen LogP contribution in [0.3, 0.4) is 0 Å². The molecule has 0 bridgehead atoms. The Hall–Kier alpha value is -6.36. The largest absolute Gasteiger partial charge is 0.458 e. The monoisotopic (exact) mass is 679 g/mol. The van der Waals surface area contributed by atoms with Crippen LogP contribution in [0, 0.1) is 0 Å². The number of thiophene rings is 1. The zero-order valence-corrected chi connectivity index (χ0v) is 29.0. The van der Waals surface area contributed by atoms with Gasteiger partial charge in [-0.05, 0) is 81.1 Å². The van der Waals surface area contributed by atoms with Crippen LogP contribution in [0.5, 0.6) is 11.5 Å². The zero-order chi connectivity index (χ0) is 34.2. The Morgan fingerprint density at radius 1 is 0.423 bits per heavy atom. The predicted molar refractivity (Wildman–Crippen MR) is 221 cm³/mol. The Kier molecular flexibility index (Phi) is 6.55. The topological polar surface area (TPSA) is 12.5 Å². The number of fused-ring (bicyclic) bond motifs is 7. The van der Waals surface area contributed by atoms with Gasteiger partial charge in [-0.1, -0.05) is 140 Å². The van der Waals surface area contributed by atoms with Crippen molar-refractivity contribution in [1.29, 1.82) is 0 Å². The number of hydrogen-bond donors (Lipinski definition) is 0. The van der Waals surface area contributed by atoms with E-state index in [9.17, 15) is 0 Å². The smallest absolute Gasteiger partial charge is 0.256 e. The summed E-state index contributed by atoms with van der Waals surface area (Å²) in [5.41, 5.74) is 14.2. The van der Waals surface area contributed by atoms with Gasteiger partial charge >= 0.3 is 0 Å². The zero-order valence-electron chi connectivity index (χ0n) is 28.2. The maximum atomic E-state index is 6.93. The fraction of sp³-hybridized carbons (Fsp3) is 0. The highest BCUT2D eigenvalue weighted by Crippen LogP contribution is 2.49. The maximum absolute atomic E-state index is 6.93. The molecule has 4 heteroatoms. The Morgan fingerprint density at radius 2 is 1.08 bits per heavy atom. The lowest BCUT2D eigenvalue weighted by Gasteiger charge is -2.41. The highest BCUT2D eigenvalue weighted by atomic mass is 32.1. The van der Waals surface area contributed by atoms with Gasteiger partial charge in [-0.2, -0.15) is 0 Å². The van der Waals surface area contributed by atoms with Crippen LogP contribution < -0.4 is 26.0 Å². The molecule has 0 spiro atoms. The standard InChI is InChI=1S/C48H30BNOS/c1-3-14-31(15-4-1)35-19-13-20-36(32-16-5-2-6-17-32)48(35)50-41-23-10-8-21-39(41)49-40-22-9-11-24-43(40)51-44-30-34(29-42(50)47(44)49)33-26-27-46-38(28-33)37-18-7-12-25-45(37)52-46/h1-30H. The van der Waals surface area contributed by atoms with Crippen LogP contribution in [0.1, 0.15) is 0 Å². The highest BCUT2D eigenvalue weighted by molar-refractivity contribution is 7.25. The molecule has 0 saturated heterocycles. The van der Waals surface area contributed by atoms with Gasteiger partial charge in [0.05, 0.1) is 5.69 Å². The van der Waals surface area contributed by atoms with Crippen molar-refractivity contribution in [2.45, 2.75) is 0 Å². The molecule has 0 radical (unpaired) electrons. The van der Waals surface area contributed by atoms with Crippen LogP contribution in [0.25, 0.3) is 53.6 Å². The number of anilines is 3. The normalized spacial score (nSPS) is 12.7. The van der Waals surface area contributed by atoms with Gasteiger partial charge in [0.25, 0.3) is 6.71 Å². The molecule has 2 aliphatic rings. The minimum absolute atomic E-state index is 0.0313. The average Bonchev–Trinajstić information content (AvgIpc) is 3.59. The Balaban J connectivity index is 1.24. The minimum atomic E-state index is 0.0313. The van der Waals surface area contributed by atoms with Gasteiger partial charge in [0, 0.05) is 42.7 Å².